The third-order valence-electron chi connectivity index (χ3n) is 2.69. The summed E-state index contributed by atoms with van der Waals surface area (Å²) in [5.41, 5.74) is 5.53. The molecule has 1 rings (SSSR count). The molecule has 1 fully saturated rings. The van der Waals surface area contributed by atoms with Crippen molar-refractivity contribution in [1.29, 1.82) is 0 Å². The van der Waals surface area contributed by atoms with Crippen LogP contribution in [0.5, 0.6) is 0 Å². The fourth-order valence-corrected chi connectivity index (χ4v) is 1.98. The topological polar surface area (TPSA) is 38.0 Å². The molecular formula is C9H18F2N2. The number of piperidine rings is 1. The molecule has 0 radical (unpaired) electrons. The molecule has 0 bridgehead atoms. The average Bonchev–Trinajstić information content (AvgIpc) is 2.02. The minimum atomic E-state index is -2.55. The van der Waals surface area contributed by atoms with Crippen molar-refractivity contribution in [1.82, 2.24) is 5.32 Å². The van der Waals surface area contributed by atoms with Crippen LogP contribution in [-0.4, -0.2) is 25.6 Å². The molecule has 1 aliphatic heterocycles. The first kappa shape index (κ1) is 10.9. The van der Waals surface area contributed by atoms with Crippen molar-refractivity contribution in [3.05, 3.63) is 0 Å². The van der Waals surface area contributed by atoms with Crippen molar-refractivity contribution in [2.75, 3.05) is 19.6 Å². The lowest BCUT2D eigenvalue weighted by molar-refractivity contribution is -0.0162. The summed E-state index contributed by atoms with van der Waals surface area (Å²) >= 11 is 0. The Hall–Kier alpha value is -0.220. The highest BCUT2D eigenvalue weighted by molar-refractivity contribution is 4.81. The van der Waals surface area contributed by atoms with Crippen LogP contribution in [0.4, 0.5) is 8.78 Å². The molecule has 0 spiro atoms. The van der Waals surface area contributed by atoms with Gasteiger partial charge in [0.2, 0.25) is 5.92 Å². The zero-order chi connectivity index (χ0) is 9.90. The van der Waals surface area contributed by atoms with Gasteiger partial charge in [-0.25, -0.2) is 8.78 Å². The van der Waals surface area contributed by atoms with E-state index >= 15 is 0 Å². The smallest absolute Gasteiger partial charge is 0.245 e. The van der Waals surface area contributed by atoms with Gasteiger partial charge < -0.3 is 11.1 Å². The maximum Gasteiger partial charge on any atom is 0.245 e. The van der Waals surface area contributed by atoms with Gasteiger partial charge in [0.25, 0.3) is 0 Å². The highest BCUT2D eigenvalue weighted by Gasteiger charge is 2.32. The first-order valence-corrected chi connectivity index (χ1v) is 4.81. The molecule has 2 unspecified atom stereocenters. The highest BCUT2D eigenvalue weighted by Crippen LogP contribution is 2.30. The van der Waals surface area contributed by atoms with Crippen molar-refractivity contribution >= 4 is 0 Å². The summed E-state index contributed by atoms with van der Waals surface area (Å²) < 4.78 is 25.5. The zero-order valence-electron chi connectivity index (χ0n) is 8.02. The van der Waals surface area contributed by atoms with Gasteiger partial charge in [0, 0.05) is 6.42 Å². The third kappa shape index (κ3) is 3.56. The molecule has 0 amide bonds. The number of nitrogens with one attached hydrogen (secondary N) is 1. The Balaban J connectivity index is 2.45. The van der Waals surface area contributed by atoms with Gasteiger partial charge in [0.05, 0.1) is 0 Å². The summed E-state index contributed by atoms with van der Waals surface area (Å²) in [5.74, 6) is -2.24. The monoisotopic (exact) mass is 192 g/mol. The molecule has 13 heavy (non-hydrogen) atoms. The second-order valence-corrected chi connectivity index (χ2v) is 4.02. The number of rotatable bonds is 3. The summed E-state index contributed by atoms with van der Waals surface area (Å²) in [6, 6.07) is 0. The van der Waals surface area contributed by atoms with E-state index in [4.69, 9.17) is 5.73 Å². The van der Waals surface area contributed by atoms with E-state index in [0.717, 1.165) is 26.4 Å². The van der Waals surface area contributed by atoms with Crippen LogP contribution in [0.3, 0.4) is 0 Å². The number of hydrogen-bond donors (Lipinski definition) is 2. The Morgan fingerprint density at radius 3 is 2.69 bits per heavy atom. The molecular weight excluding hydrogens is 174 g/mol. The van der Waals surface area contributed by atoms with Gasteiger partial charge in [-0.15, -0.1) is 0 Å². The summed E-state index contributed by atoms with van der Waals surface area (Å²) in [6.45, 7) is 3.13. The van der Waals surface area contributed by atoms with Gasteiger partial charge >= 0.3 is 0 Å². The SMILES string of the molecule is CC(F)(F)CC1CCNCC1CN. The Bertz CT molecular complexity index is 156. The van der Waals surface area contributed by atoms with E-state index in [0.29, 0.717) is 6.54 Å². The van der Waals surface area contributed by atoms with Gasteiger partial charge in [0.15, 0.2) is 0 Å². The molecule has 2 atom stereocenters. The average molecular weight is 192 g/mol. The second kappa shape index (κ2) is 4.33. The summed E-state index contributed by atoms with van der Waals surface area (Å²) in [5, 5.41) is 3.18. The van der Waals surface area contributed by atoms with E-state index < -0.39 is 5.92 Å². The van der Waals surface area contributed by atoms with Crippen LogP contribution in [-0.2, 0) is 0 Å². The minimum absolute atomic E-state index is 0.0173. The molecule has 1 aliphatic rings. The molecule has 0 saturated carbocycles. The molecule has 0 aliphatic carbocycles. The molecule has 0 aromatic carbocycles. The Morgan fingerprint density at radius 2 is 2.15 bits per heavy atom. The number of nitrogens with two attached hydrogens (primary N) is 1. The first-order chi connectivity index (χ1) is 6.03. The number of hydrogen-bond acceptors (Lipinski definition) is 2. The van der Waals surface area contributed by atoms with Gasteiger partial charge in [-0.3, -0.25) is 0 Å². The van der Waals surface area contributed by atoms with Gasteiger partial charge in [-0.2, -0.15) is 0 Å². The van der Waals surface area contributed by atoms with Crippen LogP contribution in [0.15, 0.2) is 0 Å². The van der Waals surface area contributed by atoms with Crippen LogP contribution in [0.1, 0.15) is 19.8 Å². The molecule has 0 aromatic heterocycles. The lowest BCUT2D eigenvalue weighted by Gasteiger charge is -2.32. The van der Waals surface area contributed by atoms with Crippen LogP contribution >= 0.6 is 0 Å². The summed E-state index contributed by atoms with van der Waals surface area (Å²) in [6.07, 6.45) is 0.807. The lowest BCUT2D eigenvalue weighted by atomic mass is 9.82. The van der Waals surface area contributed by atoms with Gasteiger partial charge in [0.1, 0.15) is 0 Å². The van der Waals surface area contributed by atoms with Crippen LogP contribution in [0.2, 0.25) is 0 Å². The quantitative estimate of drug-likeness (QED) is 0.705. The van der Waals surface area contributed by atoms with E-state index in [9.17, 15) is 8.78 Å². The van der Waals surface area contributed by atoms with Crippen LogP contribution in [0, 0.1) is 11.8 Å². The molecule has 1 heterocycles. The largest absolute Gasteiger partial charge is 0.330 e. The van der Waals surface area contributed by atoms with Crippen molar-refractivity contribution in [2.45, 2.75) is 25.7 Å². The maximum absolute atomic E-state index is 12.8. The number of alkyl halides is 2. The molecule has 3 N–H and O–H groups in total. The summed E-state index contributed by atoms with van der Waals surface area (Å²) in [7, 11) is 0. The highest BCUT2D eigenvalue weighted by atomic mass is 19.3. The number of halogens is 2. The fourth-order valence-electron chi connectivity index (χ4n) is 1.98. The van der Waals surface area contributed by atoms with Crippen LogP contribution in [0.25, 0.3) is 0 Å². The molecule has 0 aromatic rings. The van der Waals surface area contributed by atoms with Crippen molar-refractivity contribution in [3.63, 3.8) is 0 Å². The normalized spacial score (nSPS) is 30.5. The molecule has 4 heteroatoms. The van der Waals surface area contributed by atoms with Crippen molar-refractivity contribution in [2.24, 2.45) is 17.6 Å². The van der Waals surface area contributed by atoms with Crippen LogP contribution < -0.4 is 11.1 Å². The Morgan fingerprint density at radius 1 is 1.46 bits per heavy atom. The third-order valence-corrected chi connectivity index (χ3v) is 2.69. The molecule has 1 saturated heterocycles. The van der Waals surface area contributed by atoms with Crippen molar-refractivity contribution in [3.8, 4) is 0 Å². The predicted molar refractivity (Wildman–Crippen MR) is 48.8 cm³/mol. The van der Waals surface area contributed by atoms with E-state index in [1.165, 1.54) is 0 Å². The molecule has 78 valence electrons. The molecule has 2 nitrogen and oxygen atoms in total. The summed E-state index contributed by atoms with van der Waals surface area (Å²) in [4.78, 5) is 0. The van der Waals surface area contributed by atoms with E-state index in [-0.39, 0.29) is 18.3 Å². The standard InChI is InChI=1S/C9H18F2N2/c1-9(10,11)4-7-2-3-13-6-8(7)5-12/h7-8,13H,2-6,12H2,1H3. The maximum atomic E-state index is 12.8. The van der Waals surface area contributed by atoms with Gasteiger partial charge in [-0.05, 0) is 44.8 Å². The first-order valence-electron chi connectivity index (χ1n) is 4.81. The lowest BCUT2D eigenvalue weighted by Crippen LogP contribution is -2.42. The fraction of sp³-hybridized carbons (Fsp3) is 1.00. The Labute approximate surface area is 77.9 Å². The van der Waals surface area contributed by atoms with E-state index in [1.807, 2.05) is 0 Å². The zero-order valence-corrected chi connectivity index (χ0v) is 8.02. The van der Waals surface area contributed by atoms with E-state index in [1.54, 1.807) is 0 Å². The van der Waals surface area contributed by atoms with Gasteiger partial charge in [-0.1, -0.05) is 0 Å². The van der Waals surface area contributed by atoms with Crippen molar-refractivity contribution < 1.29 is 8.78 Å². The predicted octanol–water partition coefficient (Wildman–Crippen LogP) is 1.22. The van der Waals surface area contributed by atoms with E-state index in [2.05, 4.69) is 5.32 Å². The second-order valence-electron chi connectivity index (χ2n) is 4.02. The Kier molecular flexibility index (Phi) is 3.62. The minimum Gasteiger partial charge on any atom is -0.330 e.